The summed E-state index contributed by atoms with van der Waals surface area (Å²) in [5.41, 5.74) is 0.837. The highest BCUT2D eigenvalue weighted by Crippen LogP contribution is 2.45. The third-order valence-electron chi connectivity index (χ3n) is 4.85. The first-order chi connectivity index (χ1) is 12.7. The molecule has 1 saturated carbocycles. The van der Waals surface area contributed by atoms with Crippen LogP contribution in [0.1, 0.15) is 28.9 Å². The zero-order chi connectivity index (χ0) is 18.0. The van der Waals surface area contributed by atoms with Crippen LogP contribution < -0.4 is 5.32 Å². The second-order valence-corrected chi connectivity index (χ2v) is 6.69. The Morgan fingerprint density at radius 3 is 2.42 bits per heavy atom. The van der Waals surface area contributed by atoms with Gasteiger partial charge in [-0.25, -0.2) is 0 Å². The van der Waals surface area contributed by atoms with Crippen LogP contribution in [-0.4, -0.2) is 22.7 Å². The molecule has 0 unspecified atom stereocenters. The molecule has 1 heterocycles. The molecule has 0 radical (unpaired) electrons. The Kier molecular flexibility index (Phi) is 4.31. The number of nitrogens with zero attached hydrogens (tertiary/aromatic N) is 1. The molecule has 0 spiro atoms. The lowest BCUT2D eigenvalue weighted by molar-refractivity contribution is 0.0134. The second kappa shape index (κ2) is 6.77. The van der Waals surface area contributed by atoms with Crippen LogP contribution in [0.3, 0.4) is 0 Å². The topological polar surface area (TPSA) is 75.4 Å². The molecule has 4 rings (SSSR count). The van der Waals surface area contributed by atoms with Gasteiger partial charge in [0, 0.05) is 11.6 Å². The van der Waals surface area contributed by atoms with Crippen LogP contribution in [0.5, 0.6) is 0 Å². The van der Waals surface area contributed by atoms with E-state index in [0.29, 0.717) is 5.76 Å². The molecule has 1 fully saturated rings. The van der Waals surface area contributed by atoms with Crippen LogP contribution in [0.4, 0.5) is 0 Å². The molecule has 5 nitrogen and oxygen atoms in total. The molecule has 0 saturated heterocycles. The molecule has 1 aliphatic carbocycles. The van der Waals surface area contributed by atoms with Gasteiger partial charge in [0.15, 0.2) is 11.5 Å². The Morgan fingerprint density at radius 2 is 1.77 bits per heavy atom. The van der Waals surface area contributed by atoms with E-state index in [4.69, 9.17) is 4.52 Å². The maximum atomic E-state index is 12.5. The fraction of sp³-hybridized carbons (Fsp3) is 0.238. The van der Waals surface area contributed by atoms with Gasteiger partial charge in [0.05, 0.1) is 6.54 Å². The highest BCUT2D eigenvalue weighted by Gasteiger charge is 2.45. The molecule has 5 heteroatoms. The van der Waals surface area contributed by atoms with Crippen molar-refractivity contribution in [3.63, 3.8) is 0 Å². The average molecular weight is 348 g/mol. The zero-order valence-electron chi connectivity index (χ0n) is 14.3. The summed E-state index contributed by atoms with van der Waals surface area (Å²) in [6, 6.07) is 20.6. The van der Waals surface area contributed by atoms with Crippen LogP contribution in [0.15, 0.2) is 71.3 Å². The minimum atomic E-state index is -1.05. The molecule has 1 aliphatic rings. The van der Waals surface area contributed by atoms with E-state index in [9.17, 15) is 9.90 Å². The summed E-state index contributed by atoms with van der Waals surface area (Å²) in [6.45, 7) is 0.147. The number of carbonyl (C=O) groups excluding carboxylic acids is 1. The molecule has 2 N–H and O–H groups in total. The Balaban J connectivity index is 1.47. The number of rotatable bonds is 6. The molecule has 0 bridgehead atoms. The van der Waals surface area contributed by atoms with E-state index in [1.54, 1.807) is 6.07 Å². The molecular weight excluding hydrogens is 328 g/mol. The van der Waals surface area contributed by atoms with E-state index < -0.39 is 5.60 Å². The number of carbonyl (C=O) groups is 1. The van der Waals surface area contributed by atoms with Crippen LogP contribution in [0.25, 0.3) is 11.3 Å². The van der Waals surface area contributed by atoms with Crippen molar-refractivity contribution in [3.8, 4) is 11.3 Å². The Morgan fingerprint density at radius 1 is 1.12 bits per heavy atom. The molecule has 1 amide bonds. The summed E-state index contributed by atoms with van der Waals surface area (Å²) in [7, 11) is 0. The molecule has 26 heavy (non-hydrogen) atoms. The highest BCUT2D eigenvalue weighted by molar-refractivity contribution is 5.93. The van der Waals surface area contributed by atoms with Crippen molar-refractivity contribution >= 4 is 5.91 Å². The van der Waals surface area contributed by atoms with E-state index in [0.717, 1.165) is 24.0 Å². The van der Waals surface area contributed by atoms with Crippen molar-refractivity contribution in [3.05, 3.63) is 78.0 Å². The van der Waals surface area contributed by atoms with Gasteiger partial charge in [-0.05, 0) is 24.3 Å². The minimum Gasteiger partial charge on any atom is -0.383 e. The van der Waals surface area contributed by atoms with E-state index in [1.807, 2.05) is 60.7 Å². The normalized spacial score (nSPS) is 16.0. The number of amides is 1. The number of nitrogens with one attached hydrogen (secondary N) is 1. The smallest absolute Gasteiger partial charge is 0.273 e. The van der Waals surface area contributed by atoms with E-state index in [-0.39, 0.29) is 24.1 Å². The second-order valence-electron chi connectivity index (χ2n) is 6.69. The Labute approximate surface area is 151 Å². The Bertz CT molecular complexity index is 888. The summed E-state index contributed by atoms with van der Waals surface area (Å²) in [6.07, 6.45) is 1.92. The molecule has 3 aromatic rings. The van der Waals surface area contributed by atoms with Gasteiger partial charge in [-0.2, -0.15) is 0 Å². The standard InChI is InChI=1S/C21H20N2O3/c24-20(18-13-19(26-23-18)15-7-3-1-4-8-15)22-14-21(25,17-11-12-17)16-9-5-2-6-10-16/h1-10,13,17,25H,11-12,14H2,(H,22,24)/t21-/m1/s1. The quantitative estimate of drug-likeness (QED) is 0.716. The van der Waals surface area contributed by atoms with Crippen molar-refractivity contribution in [1.82, 2.24) is 10.5 Å². The van der Waals surface area contributed by atoms with E-state index in [1.165, 1.54) is 0 Å². The summed E-state index contributed by atoms with van der Waals surface area (Å²) in [5, 5.41) is 17.8. The third kappa shape index (κ3) is 3.26. The van der Waals surface area contributed by atoms with Crippen LogP contribution in [0, 0.1) is 5.92 Å². The summed E-state index contributed by atoms with van der Waals surface area (Å²) >= 11 is 0. The number of aliphatic hydroxyl groups is 1. The van der Waals surface area contributed by atoms with Crippen LogP contribution in [-0.2, 0) is 5.60 Å². The van der Waals surface area contributed by atoms with Crippen molar-refractivity contribution in [2.45, 2.75) is 18.4 Å². The number of hydrogen-bond acceptors (Lipinski definition) is 4. The molecule has 0 aliphatic heterocycles. The number of aromatic nitrogens is 1. The van der Waals surface area contributed by atoms with Crippen molar-refractivity contribution in [2.75, 3.05) is 6.54 Å². The maximum absolute atomic E-state index is 12.5. The lowest BCUT2D eigenvalue weighted by atomic mass is 9.88. The van der Waals surface area contributed by atoms with Gasteiger partial charge >= 0.3 is 0 Å². The van der Waals surface area contributed by atoms with E-state index >= 15 is 0 Å². The van der Waals surface area contributed by atoms with Gasteiger partial charge in [-0.3, -0.25) is 4.79 Å². The lowest BCUT2D eigenvalue weighted by Crippen LogP contribution is -2.42. The predicted octanol–water partition coefficient (Wildman–Crippen LogP) is 3.37. The maximum Gasteiger partial charge on any atom is 0.273 e. The molecule has 132 valence electrons. The monoisotopic (exact) mass is 348 g/mol. The van der Waals surface area contributed by atoms with Gasteiger partial charge < -0.3 is 14.9 Å². The summed E-state index contributed by atoms with van der Waals surface area (Å²) in [4.78, 5) is 12.5. The zero-order valence-corrected chi connectivity index (χ0v) is 14.3. The number of hydrogen-bond donors (Lipinski definition) is 2. The SMILES string of the molecule is O=C(NC[C@@](O)(c1ccccc1)C1CC1)c1cc(-c2ccccc2)on1. The molecule has 1 aromatic heterocycles. The lowest BCUT2D eigenvalue weighted by Gasteiger charge is -2.29. The van der Waals surface area contributed by atoms with Crippen molar-refractivity contribution in [1.29, 1.82) is 0 Å². The van der Waals surface area contributed by atoms with Gasteiger partial charge in [0.1, 0.15) is 5.60 Å². The fourth-order valence-electron chi connectivity index (χ4n) is 3.20. The van der Waals surface area contributed by atoms with Crippen molar-refractivity contribution < 1.29 is 14.4 Å². The van der Waals surface area contributed by atoms with Gasteiger partial charge in [0.25, 0.3) is 5.91 Å². The van der Waals surface area contributed by atoms with E-state index in [2.05, 4.69) is 10.5 Å². The van der Waals surface area contributed by atoms with Crippen LogP contribution >= 0.6 is 0 Å². The first kappa shape index (κ1) is 16.5. The minimum absolute atomic E-state index is 0.147. The first-order valence-electron chi connectivity index (χ1n) is 8.75. The van der Waals surface area contributed by atoms with Crippen LogP contribution in [0.2, 0.25) is 0 Å². The molecular formula is C21H20N2O3. The molecule has 2 aromatic carbocycles. The summed E-state index contributed by atoms with van der Waals surface area (Å²) < 4.78 is 5.27. The third-order valence-corrected chi connectivity index (χ3v) is 4.85. The van der Waals surface area contributed by atoms with Crippen molar-refractivity contribution in [2.24, 2.45) is 5.92 Å². The highest BCUT2D eigenvalue weighted by atomic mass is 16.5. The summed E-state index contributed by atoms with van der Waals surface area (Å²) in [5.74, 6) is 0.351. The van der Waals surface area contributed by atoms with Gasteiger partial charge in [-0.1, -0.05) is 65.8 Å². The number of benzene rings is 2. The first-order valence-corrected chi connectivity index (χ1v) is 8.75. The average Bonchev–Trinajstić information content (AvgIpc) is 3.44. The molecule has 1 atom stereocenters. The Hall–Kier alpha value is -2.92. The fourth-order valence-corrected chi connectivity index (χ4v) is 3.20. The largest absolute Gasteiger partial charge is 0.383 e. The van der Waals surface area contributed by atoms with Gasteiger partial charge in [0.2, 0.25) is 0 Å². The van der Waals surface area contributed by atoms with Gasteiger partial charge in [-0.15, -0.1) is 0 Å². The predicted molar refractivity (Wildman–Crippen MR) is 97.3 cm³/mol.